The Bertz CT molecular complexity index is 1270. The van der Waals surface area contributed by atoms with Crippen LogP contribution in [0.15, 0.2) is 24.4 Å². The molecule has 0 spiro atoms. The van der Waals surface area contributed by atoms with Crippen LogP contribution in [0.25, 0.3) is 16.7 Å². The van der Waals surface area contributed by atoms with Crippen LogP contribution in [-0.2, 0) is 9.47 Å². The Hall–Kier alpha value is -3.60. The molecule has 2 aromatic heterocycles. The van der Waals surface area contributed by atoms with Gasteiger partial charge in [0.05, 0.1) is 32.0 Å². The summed E-state index contributed by atoms with van der Waals surface area (Å²) in [7, 11) is 1.55. The molecule has 0 aliphatic carbocycles. The van der Waals surface area contributed by atoms with E-state index in [1.54, 1.807) is 16.7 Å². The minimum Gasteiger partial charge on any atom is -0.488 e. The maximum Gasteiger partial charge on any atom is 0.410 e. The van der Waals surface area contributed by atoms with Crippen molar-refractivity contribution in [2.24, 2.45) is 0 Å². The Labute approximate surface area is 216 Å². The number of ether oxygens (including phenoxy) is 4. The van der Waals surface area contributed by atoms with Crippen LogP contribution in [0.4, 0.5) is 10.6 Å². The molecule has 1 atom stereocenters. The zero-order valence-corrected chi connectivity index (χ0v) is 22.1. The highest BCUT2D eigenvalue weighted by atomic mass is 16.6. The van der Waals surface area contributed by atoms with Crippen molar-refractivity contribution in [3.05, 3.63) is 30.0 Å². The van der Waals surface area contributed by atoms with Crippen molar-refractivity contribution in [1.82, 2.24) is 24.6 Å². The van der Waals surface area contributed by atoms with E-state index >= 15 is 0 Å². The predicted molar refractivity (Wildman–Crippen MR) is 138 cm³/mol. The van der Waals surface area contributed by atoms with Crippen molar-refractivity contribution >= 4 is 22.8 Å². The number of benzene rings is 1. The highest BCUT2D eigenvalue weighted by Crippen LogP contribution is 2.30. The Balaban J connectivity index is 1.40. The molecular formula is C26H34N6O5. The number of carbonyl (C=O) groups is 1. The van der Waals surface area contributed by atoms with E-state index in [9.17, 15) is 4.79 Å². The molecule has 2 aliphatic heterocycles. The first-order valence-electron chi connectivity index (χ1n) is 12.6. The van der Waals surface area contributed by atoms with E-state index in [1.807, 2.05) is 46.0 Å². The number of amides is 1. The van der Waals surface area contributed by atoms with Gasteiger partial charge in [-0.3, -0.25) is 0 Å². The van der Waals surface area contributed by atoms with Gasteiger partial charge in [-0.1, -0.05) is 0 Å². The van der Waals surface area contributed by atoms with Gasteiger partial charge in [0, 0.05) is 50.1 Å². The highest BCUT2D eigenvalue weighted by Gasteiger charge is 2.27. The quantitative estimate of drug-likeness (QED) is 0.511. The van der Waals surface area contributed by atoms with Crippen LogP contribution in [0.5, 0.6) is 11.8 Å². The normalized spacial score (nSPS) is 18.4. The van der Waals surface area contributed by atoms with E-state index in [1.165, 1.54) is 0 Å². The maximum atomic E-state index is 12.5. The fraction of sp³-hybridized carbons (Fsp3) is 0.538. The maximum absolute atomic E-state index is 12.5. The number of aromatic nitrogens is 4. The lowest BCUT2D eigenvalue weighted by Crippen LogP contribution is -2.50. The topological polar surface area (TPSA) is 104 Å². The van der Waals surface area contributed by atoms with Crippen LogP contribution in [-0.4, -0.2) is 88.9 Å². The number of nitrogens with zero attached hydrogens (tertiary/aromatic N) is 6. The summed E-state index contributed by atoms with van der Waals surface area (Å²) >= 11 is 0. The number of anilines is 1. The lowest BCUT2D eigenvalue weighted by Gasteiger charge is -2.36. The highest BCUT2D eigenvalue weighted by molar-refractivity contribution is 5.83. The number of hydrogen-bond acceptors (Lipinski definition) is 9. The van der Waals surface area contributed by atoms with Gasteiger partial charge in [-0.05, 0) is 39.3 Å². The fourth-order valence-corrected chi connectivity index (χ4v) is 4.47. The minimum atomic E-state index is -0.524. The molecule has 0 radical (unpaired) electrons. The largest absolute Gasteiger partial charge is 0.488 e. The van der Waals surface area contributed by atoms with Crippen molar-refractivity contribution in [3.63, 3.8) is 0 Å². The molecule has 11 heteroatoms. The Morgan fingerprint density at radius 1 is 1.08 bits per heavy atom. The molecule has 1 amide bonds. The number of piperazine rings is 1. The molecule has 5 rings (SSSR count). The standard InChI is InChI=1S/C26H34N6O5/c1-17-12-18-15-27-32(20(18)13-21(17)36-19-6-11-35-16-19)23-14-22(28-24(29-23)34-5)30-7-9-31(10-8-30)25(33)37-26(2,3)4/h12-15,19H,6-11,16H2,1-5H3/t19-/m0/s1. The van der Waals surface area contributed by atoms with Crippen molar-refractivity contribution in [2.75, 3.05) is 51.4 Å². The Morgan fingerprint density at radius 3 is 2.51 bits per heavy atom. The van der Waals surface area contributed by atoms with Crippen LogP contribution in [0, 0.1) is 6.92 Å². The molecule has 1 aromatic carbocycles. The molecular weight excluding hydrogens is 476 g/mol. The van der Waals surface area contributed by atoms with Gasteiger partial charge in [0.2, 0.25) is 0 Å². The lowest BCUT2D eigenvalue weighted by atomic mass is 10.1. The van der Waals surface area contributed by atoms with E-state index in [0.717, 1.165) is 35.2 Å². The molecule has 198 valence electrons. The summed E-state index contributed by atoms with van der Waals surface area (Å²) in [6.45, 7) is 11.3. The average Bonchev–Trinajstić information content (AvgIpc) is 3.53. The number of fused-ring (bicyclic) bond motifs is 1. The van der Waals surface area contributed by atoms with E-state index in [0.29, 0.717) is 44.4 Å². The molecule has 2 saturated heterocycles. The second-order valence-electron chi connectivity index (χ2n) is 10.4. The molecule has 11 nitrogen and oxygen atoms in total. The van der Waals surface area contributed by atoms with Crippen LogP contribution < -0.4 is 14.4 Å². The number of hydrogen-bond donors (Lipinski definition) is 0. The third-order valence-corrected chi connectivity index (χ3v) is 6.38. The molecule has 0 N–H and O–H groups in total. The lowest BCUT2D eigenvalue weighted by molar-refractivity contribution is 0.0240. The Morgan fingerprint density at radius 2 is 1.84 bits per heavy atom. The van der Waals surface area contributed by atoms with Gasteiger partial charge >= 0.3 is 12.1 Å². The minimum absolute atomic E-state index is 0.0533. The summed E-state index contributed by atoms with van der Waals surface area (Å²) in [5.74, 6) is 2.11. The fourth-order valence-electron chi connectivity index (χ4n) is 4.47. The van der Waals surface area contributed by atoms with Crippen molar-refractivity contribution < 1.29 is 23.7 Å². The van der Waals surface area contributed by atoms with Crippen LogP contribution >= 0.6 is 0 Å². The van der Waals surface area contributed by atoms with Crippen molar-refractivity contribution in [1.29, 1.82) is 0 Å². The summed E-state index contributed by atoms with van der Waals surface area (Å²) < 4.78 is 24.4. The second kappa shape index (κ2) is 10.0. The smallest absolute Gasteiger partial charge is 0.410 e. The van der Waals surface area contributed by atoms with E-state index in [2.05, 4.69) is 26.0 Å². The average molecular weight is 511 g/mol. The Kier molecular flexibility index (Phi) is 6.80. The molecule has 0 bridgehead atoms. The molecule has 4 heterocycles. The van der Waals surface area contributed by atoms with E-state index < -0.39 is 5.60 Å². The van der Waals surface area contributed by atoms with Crippen molar-refractivity contribution in [3.8, 4) is 17.6 Å². The molecule has 3 aromatic rings. The summed E-state index contributed by atoms with van der Waals surface area (Å²) in [6, 6.07) is 6.21. The summed E-state index contributed by atoms with van der Waals surface area (Å²) in [4.78, 5) is 25.4. The van der Waals surface area contributed by atoms with Gasteiger partial charge in [0.1, 0.15) is 23.3 Å². The first-order chi connectivity index (χ1) is 17.7. The van der Waals surface area contributed by atoms with Gasteiger partial charge < -0.3 is 28.7 Å². The van der Waals surface area contributed by atoms with Crippen molar-refractivity contribution in [2.45, 2.75) is 45.8 Å². The molecule has 2 fully saturated rings. The summed E-state index contributed by atoms with van der Waals surface area (Å²) in [5.41, 5.74) is 1.40. The van der Waals surface area contributed by atoms with Gasteiger partial charge in [-0.2, -0.15) is 15.1 Å². The van der Waals surface area contributed by atoms with E-state index in [4.69, 9.17) is 18.9 Å². The zero-order valence-electron chi connectivity index (χ0n) is 22.1. The van der Waals surface area contributed by atoms with Gasteiger partial charge in [0.25, 0.3) is 0 Å². The number of rotatable bonds is 5. The molecule has 0 saturated carbocycles. The van der Waals surface area contributed by atoms with Crippen LogP contribution in [0.3, 0.4) is 0 Å². The second-order valence-corrected chi connectivity index (χ2v) is 10.4. The predicted octanol–water partition coefficient (Wildman–Crippen LogP) is 3.36. The van der Waals surface area contributed by atoms with Gasteiger partial charge in [0.15, 0.2) is 5.82 Å². The van der Waals surface area contributed by atoms with Crippen LogP contribution in [0.2, 0.25) is 0 Å². The molecule has 37 heavy (non-hydrogen) atoms. The number of methoxy groups -OCH3 is 1. The SMILES string of the molecule is COc1nc(N2CCN(C(=O)OC(C)(C)C)CC2)cc(-n2ncc3cc(C)c(O[C@H]4CCOC4)cc32)n1. The third-order valence-electron chi connectivity index (χ3n) is 6.38. The number of carbonyl (C=O) groups excluding carboxylic acids is 1. The summed E-state index contributed by atoms with van der Waals surface area (Å²) in [5, 5.41) is 5.60. The molecule has 2 aliphatic rings. The zero-order chi connectivity index (χ0) is 26.2. The first kappa shape index (κ1) is 25.1. The third kappa shape index (κ3) is 5.56. The number of aryl methyl sites for hydroxylation is 1. The van der Waals surface area contributed by atoms with Gasteiger partial charge in [-0.15, -0.1) is 0 Å². The van der Waals surface area contributed by atoms with E-state index in [-0.39, 0.29) is 18.2 Å². The van der Waals surface area contributed by atoms with Gasteiger partial charge in [-0.25, -0.2) is 9.48 Å². The molecule has 0 unspecified atom stereocenters. The van der Waals surface area contributed by atoms with Crippen LogP contribution in [0.1, 0.15) is 32.8 Å². The summed E-state index contributed by atoms with van der Waals surface area (Å²) in [6.07, 6.45) is 2.45. The monoisotopic (exact) mass is 510 g/mol. The first-order valence-corrected chi connectivity index (χ1v) is 12.6.